The lowest BCUT2D eigenvalue weighted by Crippen LogP contribution is -2.09. The van der Waals surface area contributed by atoms with Gasteiger partial charge >= 0.3 is 0 Å². The Balaban J connectivity index is 1.84. The van der Waals surface area contributed by atoms with Gasteiger partial charge in [0.25, 0.3) is 0 Å². The van der Waals surface area contributed by atoms with Gasteiger partial charge in [0.1, 0.15) is 16.9 Å². The standard InChI is InChI=1S/C16H18N4OS/c1-10-4-6-13(7-5-10)14-9-22-15(18-14)8-20-16(11(2)21)17-12(3)19-20/h4-7,9,11,21H,8H2,1-3H3. The molecule has 1 N–H and O–H groups in total. The zero-order valence-electron chi connectivity index (χ0n) is 12.8. The Labute approximate surface area is 133 Å². The number of thiazole rings is 1. The van der Waals surface area contributed by atoms with Crippen LogP contribution in [0.3, 0.4) is 0 Å². The Bertz CT molecular complexity index is 774. The highest BCUT2D eigenvalue weighted by Crippen LogP contribution is 2.23. The van der Waals surface area contributed by atoms with Crippen LogP contribution in [0.5, 0.6) is 0 Å². The molecule has 0 spiro atoms. The fourth-order valence-corrected chi connectivity index (χ4v) is 3.05. The van der Waals surface area contributed by atoms with Crippen molar-refractivity contribution in [3.8, 4) is 11.3 Å². The minimum Gasteiger partial charge on any atom is -0.385 e. The van der Waals surface area contributed by atoms with E-state index < -0.39 is 6.10 Å². The molecule has 1 atom stereocenters. The summed E-state index contributed by atoms with van der Waals surface area (Å²) in [5.41, 5.74) is 3.31. The average Bonchev–Trinajstić information content (AvgIpc) is 3.07. The van der Waals surface area contributed by atoms with Gasteiger partial charge in [0.2, 0.25) is 0 Å². The second-order valence-corrected chi connectivity index (χ2v) is 6.29. The number of rotatable bonds is 4. The fraction of sp³-hybridized carbons (Fsp3) is 0.312. The predicted molar refractivity (Wildman–Crippen MR) is 86.8 cm³/mol. The Kier molecular flexibility index (Phi) is 4.04. The van der Waals surface area contributed by atoms with Gasteiger partial charge in [0, 0.05) is 10.9 Å². The maximum absolute atomic E-state index is 9.76. The molecule has 0 aliphatic carbocycles. The van der Waals surface area contributed by atoms with E-state index in [1.54, 1.807) is 22.9 Å². The number of nitrogens with zero attached hydrogens (tertiary/aromatic N) is 4. The molecule has 1 unspecified atom stereocenters. The maximum atomic E-state index is 9.76. The molecule has 1 aromatic carbocycles. The van der Waals surface area contributed by atoms with Gasteiger partial charge in [-0.25, -0.2) is 14.6 Å². The molecule has 0 aliphatic rings. The molecule has 0 radical (unpaired) electrons. The van der Waals surface area contributed by atoms with Crippen LogP contribution in [-0.2, 0) is 6.54 Å². The summed E-state index contributed by atoms with van der Waals surface area (Å²) in [6, 6.07) is 8.32. The summed E-state index contributed by atoms with van der Waals surface area (Å²) in [6.45, 7) is 6.11. The van der Waals surface area contributed by atoms with Gasteiger partial charge in [0.05, 0.1) is 12.2 Å². The van der Waals surface area contributed by atoms with Crippen LogP contribution in [-0.4, -0.2) is 24.9 Å². The SMILES string of the molecule is Cc1ccc(-c2csc(Cn3nc(C)nc3C(C)O)n2)cc1. The van der Waals surface area contributed by atoms with Gasteiger partial charge < -0.3 is 5.11 Å². The van der Waals surface area contributed by atoms with Gasteiger partial charge in [-0.3, -0.25) is 0 Å². The van der Waals surface area contributed by atoms with Gasteiger partial charge in [-0.1, -0.05) is 29.8 Å². The number of aliphatic hydroxyl groups is 1. The summed E-state index contributed by atoms with van der Waals surface area (Å²) in [4.78, 5) is 8.92. The lowest BCUT2D eigenvalue weighted by atomic mass is 10.1. The van der Waals surface area contributed by atoms with Crippen LogP contribution in [0.25, 0.3) is 11.3 Å². The second kappa shape index (κ2) is 5.98. The van der Waals surface area contributed by atoms with Gasteiger partial charge in [-0.05, 0) is 20.8 Å². The second-order valence-electron chi connectivity index (χ2n) is 5.34. The van der Waals surface area contributed by atoms with Crippen molar-refractivity contribution < 1.29 is 5.11 Å². The molecule has 0 amide bonds. The molecule has 3 rings (SSSR count). The molecule has 0 bridgehead atoms. The first-order valence-electron chi connectivity index (χ1n) is 7.14. The monoisotopic (exact) mass is 314 g/mol. The lowest BCUT2D eigenvalue weighted by molar-refractivity contribution is 0.182. The molecule has 3 aromatic rings. The highest BCUT2D eigenvalue weighted by atomic mass is 32.1. The Hall–Kier alpha value is -2.05. The van der Waals surface area contributed by atoms with E-state index in [2.05, 4.69) is 46.3 Å². The van der Waals surface area contributed by atoms with E-state index in [4.69, 9.17) is 0 Å². The highest BCUT2D eigenvalue weighted by molar-refractivity contribution is 7.09. The van der Waals surface area contributed by atoms with Crippen molar-refractivity contribution >= 4 is 11.3 Å². The Morgan fingerprint density at radius 1 is 1.18 bits per heavy atom. The Morgan fingerprint density at radius 2 is 1.91 bits per heavy atom. The number of hydrogen-bond donors (Lipinski definition) is 1. The first-order valence-corrected chi connectivity index (χ1v) is 8.02. The van der Waals surface area contributed by atoms with Crippen LogP contribution in [0.4, 0.5) is 0 Å². The first kappa shape index (κ1) is 14.9. The summed E-state index contributed by atoms with van der Waals surface area (Å²) in [6.07, 6.45) is -0.641. The van der Waals surface area contributed by atoms with Crippen molar-refractivity contribution in [3.63, 3.8) is 0 Å². The maximum Gasteiger partial charge on any atom is 0.156 e. The highest BCUT2D eigenvalue weighted by Gasteiger charge is 2.14. The molecular formula is C16H18N4OS. The molecule has 6 heteroatoms. The van der Waals surface area contributed by atoms with Crippen molar-refractivity contribution in [1.82, 2.24) is 19.7 Å². The van der Waals surface area contributed by atoms with Crippen LogP contribution in [0.2, 0.25) is 0 Å². The molecule has 0 aliphatic heterocycles. The van der Waals surface area contributed by atoms with Gasteiger partial charge in [0.15, 0.2) is 5.82 Å². The first-order chi connectivity index (χ1) is 10.5. The molecule has 22 heavy (non-hydrogen) atoms. The largest absolute Gasteiger partial charge is 0.385 e. The van der Waals surface area contributed by atoms with Crippen molar-refractivity contribution in [2.24, 2.45) is 0 Å². The molecule has 2 aromatic heterocycles. The summed E-state index contributed by atoms with van der Waals surface area (Å²) in [5, 5.41) is 17.1. The predicted octanol–water partition coefficient (Wildman–Crippen LogP) is 3.12. The van der Waals surface area contributed by atoms with Crippen LogP contribution in [0.1, 0.15) is 35.2 Å². The number of hydrogen-bond acceptors (Lipinski definition) is 5. The zero-order chi connectivity index (χ0) is 15.7. The van der Waals surface area contributed by atoms with E-state index >= 15 is 0 Å². The third-order valence-corrected chi connectivity index (χ3v) is 4.20. The summed E-state index contributed by atoms with van der Waals surface area (Å²) >= 11 is 1.59. The van der Waals surface area contributed by atoms with Crippen LogP contribution < -0.4 is 0 Å². The molecular weight excluding hydrogens is 296 g/mol. The van der Waals surface area contributed by atoms with Crippen molar-refractivity contribution in [3.05, 3.63) is 51.9 Å². The molecule has 0 saturated carbocycles. The van der Waals surface area contributed by atoms with E-state index in [9.17, 15) is 5.11 Å². The quantitative estimate of drug-likeness (QED) is 0.803. The number of aryl methyl sites for hydroxylation is 2. The van der Waals surface area contributed by atoms with Crippen molar-refractivity contribution in [1.29, 1.82) is 0 Å². The van der Waals surface area contributed by atoms with Crippen molar-refractivity contribution in [2.75, 3.05) is 0 Å². The number of aliphatic hydroxyl groups excluding tert-OH is 1. The minimum atomic E-state index is -0.641. The molecule has 0 fully saturated rings. The summed E-state index contributed by atoms with van der Waals surface area (Å²) < 4.78 is 1.72. The third-order valence-electron chi connectivity index (χ3n) is 3.36. The smallest absolute Gasteiger partial charge is 0.156 e. The Morgan fingerprint density at radius 3 is 2.59 bits per heavy atom. The third kappa shape index (κ3) is 3.08. The fourth-order valence-electron chi connectivity index (χ4n) is 2.27. The normalized spacial score (nSPS) is 12.5. The van der Waals surface area contributed by atoms with E-state index in [0.717, 1.165) is 16.3 Å². The van der Waals surface area contributed by atoms with Gasteiger partial charge in [-0.15, -0.1) is 11.3 Å². The van der Waals surface area contributed by atoms with E-state index in [-0.39, 0.29) is 0 Å². The van der Waals surface area contributed by atoms with E-state index in [1.165, 1.54) is 5.56 Å². The zero-order valence-corrected chi connectivity index (χ0v) is 13.6. The number of aromatic nitrogens is 4. The van der Waals surface area contributed by atoms with E-state index in [1.807, 2.05) is 12.3 Å². The van der Waals surface area contributed by atoms with Crippen molar-refractivity contribution in [2.45, 2.75) is 33.4 Å². The molecule has 5 nitrogen and oxygen atoms in total. The lowest BCUT2D eigenvalue weighted by Gasteiger charge is -2.05. The molecule has 114 valence electrons. The summed E-state index contributed by atoms with van der Waals surface area (Å²) in [7, 11) is 0. The topological polar surface area (TPSA) is 63.8 Å². The summed E-state index contributed by atoms with van der Waals surface area (Å²) in [5.74, 6) is 1.23. The van der Waals surface area contributed by atoms with Crippen LogP contribution >= 0.6 is 11.3 Å². The molecule has 2 heterocycles. The average molecular weight is 314 g/mol. The van der Waals surface area contributed by atoms with E-state index in [0.29, 0.717) is 18.2 Å². The minimum absolute atomic E-state index is 0.525. The molecule has 0 saturated heterocycles. The van der Waals surface area contributed by atoms with Gasteiger partial charge in [-0.2, -0.15) is 5.10 Å². The van der Waals surface area contributed by atoms with Crippen LogP contribution in [0, 0.1) is 13.8 Å². The number of benzene rings is 1. The van der Waals surface area contributed by atoms with Crippen LogP contribution in [0.15, 0.2) is 29.6 Å².